The van der Waals surface area contributed by atoms with Crippen LogP contribution in [0.1, 0.15) is 47.4 Å². The third kappa shape index (κ3) is 3.61. The second kappa shape index (κ2) is 6.90. The number of hydrogen-bond acceptors (Lipinski definition) is 0. The molecule has 0 aromatic heterocycles. The quantitative estimate of drug-likeness (QED) is 0.610. The third-order valence-electron chi connectivity index (χ3n) is 3.57. The van der Waals surface area contributed by atoms with Crippen molar-refractivity contribution in [2.24, 2.45) is 0 Å². The van der Waals surface area contributed by atoms with Gasteiger partial charge in [-0.1, -0.05) is 49.7 Å². The summed E-state index contributed by atoms with van der Waals surface area (Å²) in [5.74, 6) is -0.187. The zero-order valence-electron chi connectivity index (χ0n) is 12.0. The summed E-state index contributed by atoms with van der Waals surface area (Å²) in [6, 6.07) is 13.5. The number of rotatable bonds is 5. The van der Waals surface area contributed by atoms with Gasteiger partial charge >= 0.3 is 0 Å². The maximum absolute atomic E-state index is 13.3. The predicted octanol–water partition coefficient (Wildman–Crippen LogP) is 5.80. The molecular formula is C18H20ClF. The molecule has 20 heavy (non-hydrogen) atoms. The van der Waals surface area contributed by atoms with Crippen LogP contribution in [-0.2, 0) is 6.42 Å². The van der Waals surface area contributed by atoms with Crippen molar-refractivity contribution in [2.75, 3.05) is 0 Å². The van der Waals surface area contributed by atoms with E-state index in [-0.39, 0.29) is 11.2 Å². The Hall–Kier alpha value is -1.34. The lowest BCUT2D eigenvalue weighted by molar-refractivity contribution is 0.617. The first-order valence-corrected chi connectivity index (χ1v) is 7.54. The van der Waals surface area contributed by atoms with Crippen LogP contribution in [0.25, 0.3) is 0 Å². The summed E-state index contributed by atoms with van der Waals surface area (Å²) in [5.41, 5.74) is 3.97. The molecule has 0 aliphatic rings. The van der Waals surface area contributed by atoms with E-state index in [2.05, 4.69) is 31.2 Å². The lowest BCUT2D eigenvalue weighted by atomic mass is 10.00. The molecule has 0 bridgehead atoms. The van der Waals surface area contributed by atoms with Crippen molar-refractivity contribution in [3.63, 3.8) is 0 Å². The van der Waals surface area contributed by atoms with Gasteiger partial charge in [0.15, 0.2) is 0 Å². The zero-order chi connectivity index (χ0) is 14.5. The summed E-state index contributed by atoms with van der Waals surface area (Å²) in [6.45, 7) is 3.95. The van der Waals surface area contributed by atoms with Crippen molar-refractivity contribution in [3.05, 3.63) is 70.5 Å². The summed E-state index contributed by atoms with van der Waals surface area (Å²) in [6.07, 6.45) is 3.52. The standard InChI is InChI=1S/C18H20ClF/c1-3-4-5-14-6-8-15(9-7-14)18(19)16-10-11-17(20)13(2)12-16/h6-12,18H,3-5H2,1-2H3. The van der Waals surface area contributed by atoms with Crippen molar-refractivity contribution in [1.82, 2.24) is 0 Å². The Morgan fingerprint density at radius 1 is 1.05 bits per heavy atom. The summed E-state index contributed by atoms with van der Waals surface area (Å²) in [7, 11) is 0. The molecule has 2 aromatic rings. The van der Waals surface area contributed by atoms with Crippen LogP contribution in [0.4, 0.5) is 4.39 Å². The largest absolute Gasteiger partial charge is 0.207 e. The SMILES string of the molecule is CCCCc1ccc(C(Cl)c2ccc(F)c(C)c2)cc1. The number of hydrogen-bond donors (Lipinski definition) is 0. The van der Waals surface area contributed by atoms with Crippen molar-refractivity contribution >= 4 is 11.6 Å². The fourth-order valence-electron chi connectivity index (χ4n) is 2.25. The van der Waals surface area contributed by atoms with Crippen LogP contribution in [0.15, 0.2) is 42.5 Å². The van der Waals surface area contributed by atoms with Gasteiger partial charge in [-0.3, -0.25) is 0 Å². The molecule has 0 saturated carbocycles. The van der Waals surface area contributed by atoms with Gasteiger partial charge in [-0.15, -0.1) is 11.6 Å². The van der Waals surface area contributed by atoms with Gasteiger partial charge in [0.1, 0.15) is 5.82 Å². The Bertz CT molecular complexity index is 560. The second-order valence-electron chi connectivity index (χ2n) is 5.22. The Morgan fingerprint density at radius 3 is 2.30 bits per heavy atom. The van der Waals surface area contributed by atoms with Crippen molar-refractivity contribution in [2.45, 2.75) is 38.5 Å². The fraction of sp³-hybridized carbons (Fsp3) is 0.333. The average Bonchev–Trinajstić information content (AvgIpc) is 2.48. The Labute approximate surface area is 125 Å². The topological polar surface area (TPSA) is 0 Å². The van der Waals surface area contributed by atoms with E-state index in [1.165, 1.54) is 24.5 Å². The minimum Gasteiger partial charge on any atom is -0.207 e. The lowest BCUT2D eigenvalue weighted by Crippen LogP contribution is -1.96. The van der Waals surface area contributed by atoms with E-state index in [1.807, 2.05) is 6.07 Å². The Kier molecular flexibility index (Phi) is 5.19. The summed E-state index contributed by atoms with van der Waals surface area (Å²) < 4.78 is 13.3. The van der Waals surface area contributed by atoms with Gasteiger partial charge in [0, 0.05) is 0 Å². The van der Waals surface area contributed by atoms with Crippen LogP contribution < -0.4 is 0 Å². The van der Waals surface area contributed by atoms with E-state index < -0.39 is 0 Å². The number of aryl methyl sites for hydroxylation is 2. The number of halogens is 2. The molecule has 0 nitrogen and oxygen atoms in total. The molecule has 0 fully saturated rings. The predicted molar refractivity (Wildman–Crippen MR) is 83.9 cm³/mol. The van der Waals surface area contributed by atoms with E-state index in [0.29, 0.717) is 5.56 Å². The zero-order valence-corrected chi connectivity index (χ0v) is 12.8. The Morgan fingerprint density at radius 2 is 1.70 bits per heavy atom. The molecular weight excluding hydrogens is 271 g/mol. The minimum atomic E-state index is -0.227. The van der Waals surface area contributed by atoms with Crippen LogP contribution in [-0.4, -0.2) is 0 Å². The molecule has 106 valence electrons. The van der Waals surface area contributed by atoms with Crippen LogP contribution in [0.5, 0.6) is 0 Å². The van der Waals surface area contributed by atoms with E-state index in [0.717, 1.165) is 17.5 Å². The molecule has 0 radical (unpaired) electrons. The van der Waals surface area contributed by atoms with E-state index in [1.54, 1.807) is 13.0 Å². The molecule has 0 spiro atoms. The maximum atomic E-state index is 13.3. The van der Waals surface area contributed by atoms with Crippen molar-refractivity contribution in [1.29, 1.82) is 0 Å². The molecule has 1 atom stereocenters. The van der Waals surface area contributed by atoms with Gasteiger partial charge < -0.3 is 0 Å². The van der Waals surface area contributed by atoms with Gasteiger partial charge in [0.05, 0.1) is 5.38 Å². The Balaban J connectivity index is 2.15. The smallest absolute Gasteiger partial charge is 0.126 e. The minimum absolute atomic E-state index is 0.187. The van der Waals surface area contributed by atoms with Crippen LogP contribution in [0.3, 0.4) is 0 Å². The first-order chi connectivity index (χ1) is 9.61. The molecule has 1 unspecified atom stereocenters. The molecule has 2 rings (SSSR count). The normalized spacial score (nSPS) is 12.4. The molecule has 0 heterocycles. The molecule has 2 aromatic carbocycles. The lowest BCUT2D eigenvalue weighted by Gasteiger charge is -2.12. The highest BCUT2D eigenvalue weighted by molar-refractivity contribution is 6.22. The molecule has 2 heteroatoms. The molecule has 0 saturated heterocycles. The van der Waals surface area contributed by atoms with Crippen molar-refractivity contribution in [3.8, 4) is 0 Å². The van der Waals surface area contributed by atoms with E-state index in [4.69, 9.17) is 11.6 Å². The van der Waals surface area contributed by atoms with Gasteiger partial charge in [0.2, 0.25) is 0 Å². The summed E-state index contributed by atoms with van der Waals surface area (Å²) >= 11 is 6.49. The van der Waals surface area contributed by atoms with Crippen LogP contribution in [0.2, 0.25) is 0 Å². The number of benzene rings is 2. The number of alkyl halides is 1. The number of unbranched alkanes of at least 4 members (excludes halogenated alkanes) is 1. The first kappa shape index (κ1) is 15.1. The first-order valence-electron chi connectivity index (χ1n) is 7.10. The monoisotopic (exact) mass is 290 g/mol. The van der Waals surface area contributed by atoms with Gasteiger partial charge in [-0.2, -0.15) is 0 Å². The van der Waals surface area contributed by atoms with Gasteiger partial charge in [-0.05, 0) is 48.1 Å². The molecule has 0 aliphatic carbocycles. The highest BCUT2D eigenvalue weighted by atomic mass is 35.5. The average molecular weight is 291 g/mol. The fourth-order valence-corrected chi connectivity index (χ4v) is 2.53. The maximum Gasteiger partial charge on any atom is 0.126 e. The van der Waals surface area contributed by atoms with Gasteiger partial charge in [0.25, 0.3) is 0 Å². The van der Waals surface area contributed by atoms with E-state index >= 15 is 0 Å². The van der Waals surface area contributed by atoms with Crippen LogP contribution >= 0.6 is 11.6 Å². The molecule has 0 amide bonds. The summed E-state index contributed by atoms with van der Waals surface area (Å²) in [5, 5.41) is -0.227. The van der Waals surface area contributed by atoms with Gasteiger partial charge in [-0.25, -0.2) is 4.39 Å². The molecule has 0 aliphatic heterocycles. The van der Waals surface area contributed by atoms with Crippen LogP contribution in [0, 0.1) is 12.7 Å². The highest BCUT2D eigenvalue weighted by Crippen LogP contribution is 2.30. The third-order valence-corrected chi connectivity index (χ3v) is 4.07. The second-order valence-corrected chi connectivity index (χ2v) is 5.65. The summed E-state index contributed by atoms with van der Waals surface area (Å²) in [4.78, 5) is 0. The van der Waals surface area contributed by atoms with E-state index in [9.17, 15) is 4.39 Å². The van der Waals surface area contributed by atoms with Crippen molar-refractivity contribution < 1.29 is 4.39 Å². The molecule has 0 N–H and O–H groups in total. The highest BCUT2D eigenvalue weighted by Gasteiger charge is 2.12.